The molecule has 0 saturated carbocycles. The molecule has 5 aromatic rings. The standard InChI is InChI=1S/C21H16NP/c1-14-13-22(17-9-4-2-7-15(14)17)18-10-6-12-20-21(18)16-8-3-5-11-19(16)23-20/h2-13,23H,1H3. The SMILES string of the molecule is Cc1cn(-c2cccc3[pH]c4ccccc4c23)c2ccccc12. The molecule has 0 bridgehead atoms. The second-order valence-electron chi connectivity index (χ2n) is 6.07. The second kappa shape index (κ2) is 4.75. The van der Waals surface area contributed by atoms with Gasteiger partial charge in [-0.2, -0.15) is 0 Å². The van der Waals surface area contributed by atoms with Crippen molar-refractivity contribution in [1.82, 2.24) is 4.57 Å². The van der Waals surface area contributed by atoms with Crippen LogP contribution in [0.15, 0.2) is 72.9 Å². The van der Waals surface area contributed by atoms with Crippen LogP contribution in [0.5, 0.6) is 0 Å². The second-order valence-corrected chi connectivity index (χ2v) is 7.40. The predicted molar refractivity (Wildman–Crippen MR) is 103 cm³/mol. The van der Waals surface area contributed by atoms with Gasteiger partial charge in [0.25, 0.3) is 0 Å². The smallest absolute Gasteiger partial charge is 0.0543 e. The monoisotopic (exact) mass is 313 g/mol. The van der Waals surface area contributed by atoms with Gasteiger partial charge in [0.2, 0.25) is 0 Å². The lowest BCUT2D eigenvalue weighted by molar-refractivity contribution is 1.13. The Morgan fingerprint density at radius 1 is 0.739 bits per heavy atom. The summed E-state index contributed by atoms with van der Waals surface area (Å²) in [6.07, 6.45) is 2.27. The molecule has 2 heteroatoms. The number of nitrogens with zero attached hydrogens (tertiary/aromatic N) is 1. The van der Waals surface area contributed by atoms with Crippen LogP contribution in [0.25, 0.3) is 37.6 Å². The van der Waals surface area contributed by atoms with Crippen molar-refractivity contribution in [3.8, 4) is 5.69 Å². The van der Waals surface area contributed by atoms with E-state index in [-0.39, 0.29) is 0 Å². The maximum absolute atomic E-state index is 2.36. The fourth-order valence-corrected chi connectivity index (χ4v) is 5.01. The average Bonchev–Trinajstić information content (AvgIpc) is 3.13. The first-order valence-corrected chi connectivity index (χ1v) is 8.89. The molecule has 2 aromatic heterocycles. The lowest BCUT2D eigenvalue weighted by atomic mass is 10.1. The molecule has 3 aromatic carbocycles. The summed E-state index contributed by atoms with van der Waals surface area (Å²) in [6.45, 7) is 2.19. The van der Waals surface area contributed by atoms with E-state index in [1.165, 1.54) is 43.2 Å². The van der Waals surface area contributed by atoms with Gasteiger partial charge in [-0.1, -0.05) is 54.6 Å². The summed E-state index contributed by atoms with van der Waals surface area (Å²) in [5.74, 6) is 0. The minimum Gasteiger partial charge on any atom is -0.316 e. The Morgan fingerprint density at radius 2 is 1.48 bits per heavy atom. The highest BCUT2D eigenvalue weighted by Gasteiger charge is 2.12. The first-order valence-electron chi connectivity index (χ1n) is 7.89. The van der Waals surface area contributed by atoms with Gasteiger partial charge in [0.15, 0.2) is 0 Å². The number of hydrogen-bond donors (Lipinski definition) is 0. The normalized spacial score (nSPS) is 12.0. The van der Waals surface area contributed by atoms with Crippen molar-refractivity contribution in [3.05, 3.63) is 78.5 Å². The van der Waals surface area contributed by atoms with Crippen molar-refractivity contribution >= 4 is 40.1 Å². The molecule has 0 aliphatic rings. The van der Waals surface area contributed by atoms with Crippen molar-refractivity contribution in [2.24, 2.45) is 0 Å². The Bertz CT molecular complexity index is 1180. The van der Waals surface area contributed by atoms with E-state index >= 15 is 0 Å². The average molecular weight is 313 g/mol. The molecule has 0 N–H and O–H groups in total. The molecule has 0 aliphatic carbocycles. The minimum atomic E-state index is 0.763. The molecule has 0 saturated heterocycles. The summed E-state index contributed by atoms with van der Waals surface area (Å²) in [6, 6.07) is 24.2. The van der Waals surface area contributed by atoms with E-state index in [1.807, 2.05) is 0 Å². The van der Waals surface area contributed by atoms with E-state index in [4.69, 9.17) is 0 Å². The number of aromatic nitrogens is 1. The summed E-state index contributed by atoms with van der Waals surface area (Å²) >= 11 is 0. The number of fused-ring (bicyclic) bond motifs is 4. The number of para-hydroxylation sites is 1. The summed E-state index contributed by atoms with van der Waals surface area (Å²) in [7, 11) is 0.763. The third-order valence-electron chi connectivity index (χ3n) is 4.68. The van der Waals surface area contributed by atoms with Crippen molar-refractivity contribution in [3.63, 3.8) is 0 Å². The first kappa shape index (κ1) is 13.0. The van der Waals surface area contributed by atoms with Crippen LogP contribution >= 0.6 is 8.19 Å². The van der Waals surface area contributed by atoms with Gasteiger partial charge in [-0.15, -0.1) is 8.19 Å². The van der Waals surface area contributed by atoms with Gasteiger partial charge < -0.3 is 4.57 Å². The lowest BCUT2D eigenvalue weighted by Crippen LogP contribution is -1.92. The van der Waals surface area contributed by atoms with Crippen LogP contribution in [-0.2, 0) is 0 Å². The summed E-state index contributed by atoms with van der Waals surface area (Å²) < 4.78 is 2.36. The highest BCUT2D eigenvalue weighted by Crippen LogP contribution is 2.41. The maximum atomic E-state index is 2.36. The van der Waals surface area contributed by atoms with Crippen molar-refractivity contribution in [2.75, 3.05) is 0 Å². The Labute approximate surface area is 136 Å². The molecule has 0 fully saturated rings. The van der Waals surface area contributed by atoms with E-state index in [2.05, 4.69) is 84.4 Å². The maximum Gasteiger partial charge on any atom is 0.0543 e. The number of rotatable bonds is 1. The zero-order valence-corrected chi connectivity index (χ0v) is 13.9. The summed E-state index contributed by atoms with van der Waals surface area (Å²) in [5, 5.41) is 7.05. The van der Waals surface area contributed by atoms with Crippen LogP contribution in [0.2, 0.25) is 0 Å². The topological polar surface area (TPSA) is 4.93 Å². The molecule has 23 heavy (non-hydrogen) atoms. The van der Waals surface area contributed by atoms with Gasteiger partial charge in [-0.05, 0) is 35.1 Å². The van der Waals surface area contributed by atoms with Gasteiger partial charge in [0.05, 0.1) is 11.2 Å². The molecule has 1 nitrogen and oxygen atoms in total. The van der Waals surface area contributed by atoms with E-state index in [1.54, 1.807) is 0 Å². The van der Waals surface area contributed by atoms with E-state index in [0.29, 0.717) is 0 Å². The van der Waals surface area contributed by atoms with E-state index in [0.717, 1.165) is 8.19 Å². The van der Waals surface area contributed by atoms with Gasteiger partial charge in [-0.25, -0.2) is 0 Å². The Hall–Kier alpha value is -2.50. The molecule has 1 atom stereocenters. The van der Waals surface area contributed by atoms with Crippen LogP contribution in [-0.4, -0.2) is 4.57 Å². The van der Waals surface area contributed by atoms with Crippen LogP contribution in [0.1, 0.15) is 5.56 Å². The predicted octanol–water partition coefficient (Wildman–Crippen LogP) is 6.28. The number of benzene rings is 3. The van der Waals surface area contributed by atoms with E-state index < -0.39 is 0 Å². The Balaban J connectivity index is 1.96. The van der Waals surface area contributed by atoms with Crippen LogP contribution < -0.4 is 0 Å². The van der Waals surface area contributed by atoms with Crippen molar-refractivity contribution in [1.29, 1.82) is 0 Å². The zero-order valence-electron chi connectivity index (χ0n) is 12.9. The van der Waals surface area contributed by atoms with Crippen LogP contribution in [0.3, 0.4) is 0 Å². The summed E-state index contributed by atoms with van der Waals surface area (Å²) in [4.78, 5) is 0. The van der Waals surface area contributed by atoms with Crippen molar-refractivity contribution in [2.45, 2.75) is 6.92 Å². The van der Waals surface area contributed by atoms with Gasteiger partial charge in [0.1, 0.15) is 0 Å². The molecule has 0 radical (unpaired) electrons. The van der Waals surface area contributed by atoms with Crippen LogP contribution in [0, 0.1) is 6.92 Å². The zero-order chi connectivity index (χ0) is 15.4. The molecule has 1 unspecified atom stereocenters. The number of hydrogen-bond acceptors (Lipinski definition) is 0. The molecule has 0 amide bonds. The molecule has 2 heterocycles. The van der Waals surface area contributed by atoms with Gasteiger partial charge >= 0.3 is 0 Å². The third-order valence-corrected chi connectivity index (χ3v) is 6.07. The Kier molecular flexibility index (Phi) is 2.68. The van der Waals surface area contributed by atoms with Gasteiger partial charge in [-0.3, -0.25) is 0 Å². The van der Waals surface area contributed by atoms with Crippen molar-refractivity contribution < 1.29 is 0 Å². The molecule has 5 rings (SSSR count). The highest BCUT2D eigenvalue weighted by molar-refractivity contribution is 7.44. The Morgan fingerprint density at radius 3 is 2.39 bits per heavy atom. The van der Waals surface area contributed by atoms with Gasteiger partial charge in [0, 0.05) is 22.1 Å². The number of aryl methyl sites for hydroxylation is 1. The first-order chi connectivity index (χ1) is 11.3. The molecule has 0 aliphatic heterocycles. The minimum absolute atomic E-state index is 0.763. The lowest BCUT2D eigenvalue weighted by Gasteiger charge is -2.08. The fourth-order valence-electron chi connectivity index (χ4n) is 3.63. The quantitative estimate of drug-likeness (QED) is 0.343. The largest absolute Gasteiger partial charge is 0.316 e. The third kappa shape index (κ3) is 1.81. The molecular formula is C21H16NP. The highest BCUT2D eigenvalue weighted by atomic mass is 31.0. The van der Waals surface area contributed by atoms with E-state index in [9.17, 15) is 0 Å². The van der Waals surface area contributed by atoms with Crippen LogP contribution in [0.4, 0.5) is 0 Å². The molecular weight excluding hydrogens is 297 g/mol. The molecule has 110 valence electrons. The summed E-state index contributed by atoms with van der Waals surface area (Å²) in [5.41, 5.74) is 3.90. The fraction of sp³-hybridized carbons (Fsp3) is 0.0476. The molecule has 0 spiro atoms.